The van der Waals surface area contributed by atoms with Crippen LogP contribution < -0.4 is 24.3 Å². The van der Waals surface area contributed by atoms with Crippen LogP contribution in [0.15, 0.2) is 60.7 Å². The van der Waals surface area contributed by atoms with E-state index in [0.717, 1.165) is 0 Å². The predicted octanol–water partition coefficient (Wildman–Crippen LogP) is 4.69. The Morgan fingerprint density at radius 3 is 2.03 bits per heavy atom. The zero-order valence-corrected chi connectivity index (χ0v) is 19.2. The Labute approximate surface area is 196 Å². The lowest BCUT2D eigenvalue weighted by atomic mass is 10.1. The zero-order chi connectivity index (χ0) is 24.2. The van der Waals surface area contributed by atoms with Gasteiger partial charge in [-0.15, -0.1) is 0 Å². The van der Waals surface area contributed by atoms with Gasteiger partial charge in [0.15, 0.2) is 11.5 Å². The molecule has 0 aliphatic carbocycles. The maximum Gasteiger partial charge on any atom is 0.256 e. The van der Waals surface area contributed by atoms with Crippen LogP contribution in [0.25, 0.3) is 10.9 Å². The van der Waals surface area contributed by atoms with Crippen LogP contribution in [0.1, 0.15) is 26.4 Å². The van der Waals surface area contributed by atoms with E-state index in [2.05, 4.69) is 10.3 Å². The number of carbonyl (C=O) groups is 2. The first-order valence-electron chi connectivity index (χ1n) is 10.4. The molecular formula is C26H24N2O6. The van der Waals surface area contributed by atoms with Gasteiger partial charge in [-0.25, -0.2) is 0 Å². The van der Waals surface area contributed by atoms with Gasteiger partial charge in [-0.2, -0.15) is 0 Å². The summed E-state index contributed by atoms with van der Waals surface area (Å²) in [4.78, 5) is 29.8. The van der Waals surface area contributed by atoms with E-state index in [9.17, 15) is 9.59 Å². The fraction of sp³-hybridized carbons (Fsp3) is 0.154. The number of amides is 1. The third-order valence-electron chi connectivity index (χ3n) is 5.43. The van der Waals surface area contributed by atoms with Crippen LogP contribution in [0.2, 0.25) is 0 Å². The summed E-state index contributed by atoms with van der Waals surface area (Å²) >= 11 is 0. The lowest BCUT2D eigenvalue weighted by molar-refractivity contribution is 0.102. The summed E-state index contributed by atoms with van der Waals surface area (Å²) in [7, 11) is 6.00. The molecule has 0 saturated heterocycles. The van der Waals surface area contributed by atoms with Gasteiger partial charge < -0.3 is 29.2 Å². The number of hydrogen-bond donors (Lipinski definition) is 2. The lowest BCUT2D eigenvalue weighted by Crippen LogP contribution is -2.15. The molecule has 1 heterocycles. The van der Waals surface area contributed by atoms with Crippen LogP contribution in [-0.2, 0) is 0 Å². The van der Waals surface area contributed by atoms with Crippen molar-refractivity contribution < 1.29 is 28.5 Å². The summed E-state index contributed by atoms with van der Waals surface area (Å²) in [5.41, 5.74) is 2.04. The van der Waals surface area contributed by atoms with E-state index in [4.69, 9.17) is 18.9 Å². The standard InChI is InChI=1S/C26H24N2O6/c1-31-17-10-11-18-19(14-17)27-23(24(29)15-8-6-5-7-9-15)22(18)28-26(30)16-12-20(32-2)25(34-4)21(13-16)33-3/h5-14,27H,1-4H3,(H,28,30). The number of anilines is 1. The number of nitrogens with one attached hydrogen (secondary N) is 2. The summed E-state index contributed by atoms with van der Waals surface area (Å²) < 4.78 is 21.4. The number of carbonyl (C=O) groups excluding carboxylic acids is 2. The normalized spacial score (nSPS) is 10.6. The second-order valence-electron chi connectivity index (χ2n) is 7.35. The van der Waals surface area contributed by atoms with E-state index in [0.29, 0.717) is 45.2 Å². The summed E-state index contributed by atoms with van der Waals surface area (Å²) in [6.07, 6.45) is 0. The molecule has 0 spiro atoms. The molecule has 8 nitrogen and oxygen atoms in total. The van der Waals surface area contributed by atoms with Gasteiger partial charge in [0.25, 0.3) is 5.91 Å². The first kappa shape index (κ1) is 22.7. The Balaban J connectivity index is 1.81. The predicted molar refractivity (Wildman–Crippen MR) is 129 cm³/mol. The molecule has 4 aromatic rings. The highest BCUT2D eigenvalue weighted by Gasteiger charge is 2.23. The molecular weight excluding hydrogens is 436 g/mol. The number of methoxy groups -OCH3 is 4. The SMILES string of the molecule is COc1ccc2c(NC(=O)c3cc(OC)c(OC)c(OC)c3)c(C(=O)c3ccccc3)[nH]c2c1. The Morgan fingerprint density at radius 1 is 0.765 bits per heavy atom. The number of ether oxygens (including phenoxy) is 4. The Bertz CT molecular complexity index is 1340. The van der Waals surface area contributed by atoms with Crippen molar-refractivity contribution in [1.29, 1.82) is 0 Å². The minimum absolute atomic E-state index is 0.254. The molecule has 0 atom stereocenters. The molecule has 0 aliphatic heterocycles. The Morgan fingerprint density at radius 2 is 1.44 bits per heavy atom. The fourth-order valence-corrected chi connectivity index (χ4v) is 3.74. The van der Waals surface area contributed by atoms with Crippen molar-refractivity contribution in [3.05, 3.63) is 77.5 Å². The molecule has 174 valence electrons. The van der Waals surface area contributed by atoms with E-state index in [1.165, 1.54) is 21.3 Å². The molecule has 3 aromatic carbocycles. The lowest BCUT2D eigenvalue weighted by Gasteiger charge is -2.14. The van der Waals surface area contributed by atoms with Crippen molar-refractivity contribution in [2.75, 3.05) is 33.8 Å². The van der Waals surface area contributed by atoms with E-state index >= 15 is 0 Å². The third-order valence-corrected chi connectivity index (χ3v) is 5.43. The summed E-state index contributed by atoms with van der Waals surface area (Å²) in [5, 5.41) is 3.56. The van der Waals surface area contributed by atoms with Crippen molar-refractivity contribution in [3.63, 3.8) is 0 Å². The molecule has 0 unspecified atom stereocenters. The highest BCUT2D eigenvalue weighted by molar-refractivity contribution is 6.20. The molecule has 0 aliphatic rings. The van der Waals surface area contributed by atoms with Crippen molar-refractivity contribution in [3.8, 4) is 23.0 Å². The van der Waals surface area contributed by atoms with Crippen molar-refractivity contribution in [1.82, 2.24) is 4.98 Å². The molecule has 0 saturated carbocycles. The topological polar surface area (TPSA) is 98.9 Å². The van der Waals surface area contributed by atoms with Crippen LogP contribution in [-0.4, -0.2) is 45.1 Å². The number of aromatic amines is 1. The van der Waals surface area contributed by atoms with Gasteiger partial charge in [0, 0.05) is 22.6 Å². The quantitative estimate of drug-likeness (QED) is 0.370. The van der Waals surface area contributed by atoms with Crippen LogP contribution in [0.3, 0.4) is 0 Å². The molecule has 0 bridgehead atoms. The number of rotatable bonds is 8. The largest absolute Gasteiger partial charge is 0.497 e. The number of H-pyrrole nitrogens is 1. The first-order valence-corrected chi connectivity index (χ1v) is 10.4. The summed E-state index contributed by atoms with van der Waals surface area (Å²) in [6.45, 7) is 0. The highest BCUT2D eigenvalue weighted by Crippen LogP contribution is 2.39. The summed E-state index contributed by atoms with van der Waals surface area (Å²) in [5.74, 6) is 0.984. The molecule has 8 heteroatoms. The maximum atomic E-state index is 13.3. The van der Waals surface area contributed by atoms with E-state index in [1.54, 1.807) is 61.7 Å². The van der Waals surface area contributed by atoms with Crippen LogP contribution in [0.4, 0.5) is 5.69 Å². The van der Waals surface area contributed by atoms with E-state index < -0.39 is 5.91 Å². The van der Waals surface area contributed by atoms with Gasteiger partial charge in [0.05, 0.1) is 39.6 Å². The second kappa shape index (κ2) is 9.58. The number of benzene rings is 3. The second-order valence-corrected chi connectivity index (χ2v) is 7.35. The number of ketones is 1. The molecule has 0 radical (unpaired) electrons. The van der Waals surface area contributed by atoms with Crippen molar-refractivity contribution >= 4 is 28.3 Å². The molecule has 4 rings (SSSR count). The van der Waals surface area contributed by atoms with Gasteiger partial charge in [-0.3, -0.25) is 9.59 Å². The summed E-state index contributed by atoms with van der Waals surface area (Å²) in [6, 6.07) is 17.3. The van der Waals surface area contributed by atoms with E-state index in [-0.39, 0.29) is 17.0 Å². The van der Waals surface area contributed by atoms with Gasteiger partial charge in [0.1, 0.15) is 11.4 Å². The maximum absolute atomic E-state index is 13.3. The molecule has 34 heavy (non-hydrogen) atoms. The average molecular weight is 460 g/mol. The minimum Gasteiger partial charge on any atom is -0.497 e. The van der Waals surface area contributed by atoms with Gasteiger partial charge in [-0.05, 0) is 24.3 Å². The molecule has 2 N–H and O–H groups in total. The number of hydrogen-bond acceptors (Lipinski definition) is 6. The van der Waals surface area contributed by atoms with Gasteiger partial charge in [0.2, 0.25) is 11.5 Å². The average Bonchev–Trinajstić information content (AvgIpc) is 3.24. The molecule has 0 fully saturated rings. The Kier molecular flexibility index (Phi) is 6.40. The van der Waals surface area contributed by atoms with Crippen LogP contribution in [0.5, 0.6) is 23.0 Å². The van der Waals surface area contributed by atoms with Gasteiger partial charge in [-0.1, -0.05) is 30.3 Å². The zero-order valence-electron chi connectivity index (χ0n) is 19.2. The van der Waals surface area contributed by atoms with Gasteiger partial charge >= 0.3 is 0 Å². The van der Waals surface area contributed by atoms with Crippen LogP contribution in [0, 0.1) is 0 Å². The van der Waals surface area contributed by atoms with Crippen molar-refractivity contribution in [2.24, 2.45) is 0 Å². The highest BCUT2D eigenvalue weighted by atomic mass is 16.5. The number of aromatic nitrogens is 1. The molecule has 1 amide bonds. The van der Waals surface area contributed by atoms with Crippen LogP contribution >= 0.6 is 0 Å². The van der Waals surface area contributed by atoms with E-state index in [1.807, 2.05) is 6.07 Å². The third kappa shape index (κ3) is 4.13. The first-order chi connectivity index (χ1) is 16.5. The Hall–Kier alpha value is -4.46. The minimum atomic E-state index is -0.446. The molecule has 1 aromatic heterocycles. The monoisotopic (exact) mass is 460 g/mol. The smallest absolute Gasteiger partial charge is 0.256 e. The number of fused-ring (bicyclic) bond motifs is 1. The van der Waals surface area contributed by atoms with Crippen molar-refractivity contribution in [2.45, 2.75) is 0 Å². The fourth-order valence-electron chi connectivity index (χ4n) is 3.74.